The summed E-state index contributed by atoms with van der Waals surface area (Å²) in [6.07, 6.45) is 2.70. The highest BCUT2D eigenvalue weighted by molar-refractivity contribution is 5.80. The van der Waals surface area contributed by atoms with Crippen LogP contribution in [0.4, 0.5) is 0 Å². The predicted molar refractivity (Wildman–Crippen MR) is 99.8 cm³/mol. The van der Waals surface area contributed by atoms with E-state index in [1.165, 1.54) is 5.56 Å². The van der Waals surface area contributed by atoms with Gasteiger partial charge in [0.05, 0.1) is 18.8 Å². The number of aliphatic imine (C=N–C) groups is 1. The van der Waals surface area contributed by atoms with E-state index in [4.69, 9.17) is 9.73 Å². The van der Waals surface area contributed by atoms with Crippen LogP contribution in [0.1, 0.15) is 50.1 Å². The third kappa shape index (κ3) is 4.13. The molecule has 0 spiro atoms. The maximum atomic E-state index is 6.11. The molecule has 2 aromatic rings. The first-order chi connectivity index (χ1) is 12.0. The molecular formula is C19H27N5O. The summed E-state index contributed by atoms with van der Waals surface area (Å²) >= 11 is 0. The minimum atomic E-state index is -0.218. The number of aromatic nitrogens is 2. The number of ether oxygens (including phenoxy) is 1. The van der Waals surface area contributed by atoms with Gasteiger partial charge in [0.15, 0.2) is 5.96 Å². The number of aromatic amines is 1. The van der Waals surface area contributed by atoms with Crippen LogP contribution >= 0.6 is 0 Å². The van der Waals surface area contributed by atoms with Crippen molar-refractivity contribution in [1.82, 2.24) is 20.8 Å². The summed E-state index contributed by atoms with van der Waals surface area (Å²) in [6.45, 7) is 9.72. The lowest BCUT2D eigenvalue weighted by Gasteiger charge is -2.38. The molecule has 1 aliphatic heterocycles. The van der Waals surface area contributed by atoms with E-state index in [2.05, 4.69) is 47.7 Å². The van der Waals surface area contributed by atoms with E-state index in [1.807, 2.05) is 31.3 Å². The second-order valence-electron chi connectivity index (χ2n) is 7.02. The third-order valence-electron chi connectivity index (χ3n) is 4.37. The van der Waals surface area contributed by atoms with Crippen LogP contribution in [-0.4, -0.2) is 28.3 Å². The van der Waals surface area contributed by atoms with Crippen LogP contribution in [0.25, 0.3) is 0 Å². The van der Waals surface area contributed by atoms with Crippen molar-refractivity contribution in [2.24, 2.45) is 4.99 Å². The number of nitrogens with one attached hydrogen (secondary N) is 3. The normalized spacial score (nSPS) is 19.0. The Morgan fingerprint density at radius 3 is 2.92 bits per heavy atom. The molecule has 1 aromatic heterocycles. The average Bonchev–Trinajstić information content (AvgIpc) is 2.97. The average molecular weight is 341 g/mol. The third-order valence-corrected chi connectivity index (χ3v) is 4.37. The predicted octanol–water partition coefficient (Wildman–Crippen LogP) is 3.08. The van der Waals surface area contributed by atoms with E-state index < -0.39 is 0 Å². The van der Waals surface area contributed by atoms with E-state index in [1.54, 1.807) is 0 Å². The number of hydrogen-bond donors (Lipinski definition) is 3. The van der Waals surface area contributed by atoms with E-state index in [0.29, 0.717) is 6.54 Å². The molecule has 1 unspecified atom stereocenters. The van der Waals surface area contributed by atoms with E-state index >= 15 is 0 Å². The fourth-order valence-corrected chi connectivity index (χ4v) is 3.12. The summed E-state index contributed by atoms with van der Waals surface area (Å²) in [4.78, 5) is 4.73. The van der Waals surface area contributed by atoms with Crippen molar-refractivity contribution in [2.75, 3.05) is 6.54 Å². The van der Waals surface area contributed by atoms with Crippen molar-refractivity contribution in [2.45, 2.75) is 52.3 Å². The zero-order valence-electron chi connectivity index (χ0n) is 15.4. The van der Waals surface area contributed by atoms with E-state index in [9.17, 15) is 0 Å². The van der Waals surface area contributed by atoms with Crippen molar-refractivity contribution in [3.05, 3.63) is 47.3 Å². The Balaban J connectivity index is 1.81. The molecule has 6 nitrogen and oxygen atoms in total. The minimum Gasteiger partial charge on any atom is -0.487 e. The van der Waals surface area contributed by atoms with Crippen molar-refractivity contribution in [1.29, 1.82) is 0 Å². The van der Waals surface area contributed by atoms with Gasteiger partial charge in [-0.3, -0.25) is 5.10 Å². The number of aryl methyl sites for hydroxylation is 1. The summed E-state index contributed by atoms with van der Waals surface area (Å²) in [5.41, 5.74) is 3.11. The van der Waals surface area contributed by atoms with Crippen LogP contribution < -0.4 is 15.4 Å². The zero-order chi connectivity index (χ0) is 17.9. The number of H-pyrrole nitrogens is 1. The molecule has 1 aliphatic rings. The van der Waals surface area contributed by atoms with Crippen molar-refractivity contribution in [3.63, 3.8) is 0 Å². The summed E-state index contributed by atoms with van der Waals surface area (Å²) < 4.78 is 6.11. The molecule has 0 bridgehead atoms. The molecule has 0 saturated heterocycles. The number of fused-ring (bicyclic) bond motifs is 1. The molecule has 2 heterocycles. The number of rotatable bonds is 4. The van der Waals surface area contributed by atoms with Crippen LogP contribution in [0.2, 0.25) is 0 Å². The summed E-state index contributed by atoms with van der Waals surface area (Å²) in [7, 11) is 0. The van der Waals surface area contributed by atoms with Crippen LogP contribution in [0, 0.1) is 6.92 Å². The van der Waals surface area contributed by atoms with Gasteiger partial charge in [0.25, 0.3) is 0 Å². The van der Waals surface area contributed by atoms with Crippen molar-refractivity contribution in [3.8, 4) is 5.75 Å². The quantitative estimate of drug-likeness (QED) is 0.590. The molecule has 0 radical (unpaired) electrons. The van der Waals surface area contributed by atoms with Crippen molar-refractivity contribution < 1.29 is 4.74 Å². The van der Waals surface area contributed by atoms with Crippen LogP contribution in [0.15, 0.2) is 35.5 Å². The van der Waals surface area contributed by atoms with Gasteiger partial charge in [-0.05, 0) is 33.8 Å². The molecule has 3 rings (SSSR count). The van der Waals surface area contributed by atoms with Gasteiger partial charge >= 0.3 is 0 Å². The Morgan fingerprint density at radius 1 is 1.40 bits per heavy atom. The molecule has 25 heavy (non-hydrogen) atoms. The Morgan fingerprint density at radius 2 is 2.20 bits per heavy atom. The lowest BCUT2D eigenvalue weighted by Crippen LogP contribution is -2.45. The molecule has 0 saturated carbocycles. The van der Waals surface area contributed by atoms with Gasteiger partial charge in [0.1, 0.15) is 11.4 Å². The van der Waals surface area contributed by atoms with Gasteiger partial charge in [-0.15, -0.1) is 0 Å². The fraction of sp³-hybridized carbons (Fsp3) is 0.474. The summed E-state index contributed by atoms with van der Waals surface area (Å²) in [6, 6.07) is 8.37. The monoisotopic (exact) mass is 341 g/mol. The maximum absolute atomic E-state index is 6.11. The SMILES string of the molecule is CCNC(=NCc1cn[nH]c1C)NC1CC(C)(C)Oc2ccccc21. The fourth-order valence-electron chi connectivity index (χ4n) is 3.12. The summed E-state index contributed by atoms with van der Waals surface area (Å²) in [5, 5.41) is 13.9. The van der Waals surface area contributed by atoms with E-state index in [0.717, 1.165) is 35.9 Å². The molecule has 1 aromatic carbocycles. The van der Waals surface area contributed by atoms with Crippen LogP contribution in [0.5, 0.6) is 5.75 Å². The largest absolute Gasteiger partial charge is 0.487 e. The first-order valence-electron chi connectivity index (χ1n) is 8.80. The number of para-hydroxylation sites is 1. The Hall–Kier alpha value is -2.50. The molecule has 1 atom stereocenters. The summed E-state index contributed by atoms with van der Waals surface area (Å²) in [5.74, 6) is 1.75. The van der Waals surface area contributed by atoms with Crippen LogP contribution in [-0.2, 0) is 6.54 Å². The maximum Gasteiger partial charge on any atom is 0.192 e. The van der Waals surface area contributed by atoms with Crippen LogP contribution in [0.3, 0.4) is 0 Å². The highest BCUT2D eigenvalue weighted by Crippen LogP contribution is 2.39. The molecule has 0 amide bonds. The smallest absolute Gasteiger partial charge is 0.192 e. The number of nitrogens with zero attached hydrogens (tertiary/aromatic N) is 2. The highest BCUT2D eigenvalue weighted by Gasteiger charge is 2.33. The standard InChI is InChI=1S/C19H27N5O/c1-5-20-18(21-11-14-12-22-24-13(14)2)23-16-10-19(3,4)25-17-9-7-6-8-15(16)17/h6-9,12,16H,5,10-11H2,1-4H3,(H,22,24)(H2,20,21,23). The van der Waals surface area contributed by atoms with Gasteiger partial charge in [-0.2, -0.15) is 5.10 Å². The Labute approximate surface area is 149 Å². The molecular weight excluding hydrogens is 314 g/mol. The molecule has 0 fully saturated rings. The second-order valence-corrected chi connectivity index (χ2v) is 7.02. The van der Waals surface area contributed by atoms with Gasteiger partial charge < -0.3 is 15.4 Å². The van der Waals surface area contributed by atoms with Gasteiger partial charge in [0, 0.05) is 29.8 Å². The molecule has 6 heteroatoms. The second kappa shape index (κ2) is 7.17. The minimum absolute atomic E-state index is 0.156. The van der Waals surface area contributed by atoms with Gasteiger partial charge in [0.2, 0.25) is 0 Å². The number of benzene rings is 1. The lowest BCUT2D eigenvalue weighted by molar-refractivity contribution is 0.0694. The molecule has 134 valence electrons. The van der Waals surface area contributed by atoms with Crippen molar-refractivity contribution >= 4 is 5.96 Å². The van der Waals surface area contributed by atoms with E-state index in [-0.39, 0.29) is 11.6 Å². The number of guanidine groups is 1. The first-order valence-corrected chi connectivity index (χ1v) is 8.80. The highest BCUT2D eigenvalue weighted by atomic mass is 16.5. The lowest BCUT2D eigenvalue weighted by atomic mass is 9.90. The molecule has 0 aliphatic carbocycles. The topological polar surface area (TPSA) is 74.3 Å². The Bertz CT molecular complexity index is 750. The Kier molecular flexibility index (Phi) is 4.97. The van der Waals surface area contributed by atoms with Gasteiger partial charge in [-0.1, -0.05) is 18.2 Å². The zero-order valence-corrected chi connectivity index (χ0v) is 15.4. The number of hydrogen-bond acceptors (Lipinski definition) is 3. The first kappa shape index (κ1) is 17.3. The van der Waals surface area contributed by atoms with Gasteiger partial charge in [-0.25, -0.2) is 4.99 Å². The molecule has 3 N–H and O–H groups in total.